The monoisotopic (exact) mass is 543 g/mol. The first kappa shape index (κ1) is 27.7. The van der Waals surface area contributed by atoms with Crippen molar-refractivity contribution in [2.24, 2.45) is 17.6 Å². The molecule has 1 aromatic heterocycles. The van der Waals surface area contributed by atoms with E-state index in [0.29, 0.717) is 19.6 Å². The number of rotatable bonds is 7. The second kappa shape index (κ2) is 10.4. The molecule has 2 saturated heterocycles. The molecule has 0 saturated carbocycles. The molecule has 0 bridgehead atoms. The van der Waals surface area contributed by atoms with E-state index in [9.17, 15) is 31.5 Å². The Kier molecular flexibility index (Phi) is 7.62. The molecule has 2 aliphatic rings. The van der Waals surface area contributed by atoms with E-state index < -0.39 is 58.9 Å². The molecule has 2 aliphatic heterocycles. The Bertz CT molecular complexity index is 1220. The maximum absolute atomic E-state index is 15.0. The predicted octanol–water partition coefficient (Wildman–Crippen LogP) is 3.95. The van der Waals surface area contributed by atoms with Gasteiger partial charge in [0.1, 0.15) is 11.8 Å². The Morgan fingerprint density at radius 3 is 2.63 bits per heavy atom. The lowest BCUT2D eigenvalue weighted by molar-refractivity contribution is -0.272. The molecule has 0 radical (unpaired) electrons. The molecule has 2 amide bonds. The molecular formula is C25H26F5N3O5. The highest BCUT2D eigenvalue weighted by Gasteiger charge is 2.66. The summed E-state index contributed by atoms with van der Waals surface area (Å²) in [5.74, 6) is -8.03. The molecular weight excluding hydrogens is 517 g/mol. The van der Waals surface area contributed by atoms with Gasteiger partial charge in [-0.25, -0.2) is 4.39 Å². The average Bonchev–Trinajstić information content (AvgIpc) is 3.47. The second-order valence-corrected chi connectivity index (χ2v) is 9.56. The summed E-state index contributed by atoms with van der Waals surface area (Å²) >= 11 is 0. The van der Waals surface area contributed by atoms with Crippen molar-refractivity contribution in [3.05, 3.63) is 53.4 Å². The lowest BCUT2D eigenvalue weighted by atomic mass is 9.77. The number of nitrogens with two attached hydrogens (primary N) is 1. The highest BCUT2D eigenvalue weighted by molar-refractivity contribution is 5.97. The Hall–Kier alpha value is -3.32. The van der Waals surface area contributed by atoms with Crippen LogP contribution in [0.3, 0.4) is 0 Å². The minimum atomic E-state index is -4.91. The fourth-order valence-corrected chi connectivity index (χ4v) is 4.75. The van der Waals surface area contributed by atoms with Crippen LogP contribution in [-0.2, 0) is 14.3 Å². The minimum Gasteiger partial charge on any atom is -0.490 e. The zero-order valence-electron chi connectivity index (χ0n) is 20.5. The number of halogens is 5. The van der Waals surface area contributed by atoms with Crippen molar-refractivity contribution < 1.29 is 45.8 Å². The van der Waals surface area contributed by atoms with Crippen LogP contribution in [0.5, 0.6) is 5.75 Å². The van der Waals surface area contributed by atoms with E-state index in [4.69, 9.17) is 19.9 Å². The fourth-order valence-electron chi connectivity index (χ4n) is 4.75. The number of pyridine rings is 1. The summed E-state index contributed by atoms with van der Waals surface area (Å²) in [5, 5.41) is 2.41. The van der Waals surface area contributed by atoms with Crippen LogP contribution in [0.15, 0.2) is 30.5 Å². The zero-order chi connectivity index (χ0) is 27.8. The largest absolute Gasteiger partial charge is 0.490 e. The van der Waals surface area contributed by atoms with Crippen LogP contribution in [0, 0.1) is 23.5 Å². The van der Waals surface area contributed by atoms with Crippen molar-refractivity contribution in [3.8, 4) is 5.75 Å². The van der Waals surface area contributed by atoms with E-state index in [1.807, 2.05) is 0 Å². The van der Waals surface area contributed by atoms with Crippen LogP contribution >= 0.6 is 0 Å². The van der Waals surface area contributed by atoms with Crippen LogP contribution in [0.1, 0.15) is 42.2 Å². The molecule has 2 fully saturated rings. The molecule has 8 nitrogen and oxygen atoms in total. The molecule has 2 aromatic rings. The van der Waals surface area contributed by atoms with E-state index >= 15 is 0 Å². The number of hydrogen-bond donors (Lipinski definition) is 2. The van der Waals surface area contributed by atoms with Crippen molar-refractivity contribution in [3.63, 3.8) is 0 Å². The van der Waals surface area contributed by atoms with Crippen LogP contribution in [-0.4, -0.2) is 54.5 Å². The number of nitrogens with zero attached hydrogens (tertiary/aromatic N) is 1. The van der Waals surface area contributed by atoms with Gasteiger partial charge in [0.05, 0.1) is 13.2 Å². The van der Waals surface area contributed by atoms with Crippen LogP contribution in [0.25, 0.3) is 0 Å². The maximum Gasteiger partial charge on any atom is 0.417 e. The molecule has 5 atom stereocenters. The van der Waals surface area contributed by atoms with E-state index in [1.54, 1.807) is 0 Å². The zero-order valence-corrected chi connectivity index (χ0v) is 20.5. The lowest BCUT2D eigenvalue weighted by Gasteiger charge is -2.32. The number of aromatic nitrogens is 1. The molecule has 3 N–H and O–H groups in total. The first-order valence-corrected chi connectivity index (χ1v) is 11.8. The van der Waals surface area contributed by atoms with Gasteiger partial charge in [-0.1, -0.05) is 13.0 Å². The summed E-state index contributed by atoms with van der Waals surface area (Å²) in [4.78, 5) is 28.5. The SMILES string of the molecule is C[C@H]1[C@@H](c2ccc(F)c(F)c2OC[C@@H]2CCOC2)[C@H](C(=O)Nc2ccnc(C(N)=O)c2)O[C@@]1(C)C(F)(F)F. The Balaban J connectivity index is 1.73. The van der Waals surface area contributed by atoms with Gasteiger partial charge in [-0.2, -0.15) is 17.6 Å². The van der Waals surface area contributed by atoms with Crippen LogP contribution in [0.2, 0.25) is 0 Å². The van der Waals surface area contributed by atoms with Crippen molar-refractivity contribution in [2.75, 3.05) is 25.1 Å². The first-order chi connectivity index (χ1) is 17.8. The molecule has 1 aromatic carbocycles. The van der Waals surface area contributed by atoms with Gasteiger partial charge in [0, 0.05) is 41.8 Å². The van der Waals surface area contributed by atoms with E-state index in [1.165, 1.54) is 19.2 Å². The summed E-state index contributed by atoms with van der Waals surface area (Å²) in [6.07, 6.45) is -4.90. The molecule has 4 rings (SSSR count). The third-order valence-corrected chi connectivity index (χ3v) is 7.13. The quantitative estimate of drug-likeness (QED) is 0.512. The minimum absolute atomic E-state index is 0.0254. The molecule has 0 spiro atoms. The van der Waals surface area contributed by atoms with Crippen molar-refractivity contribution in [1.82, 2.24) is 4.98 Å². The topological polar surface area (TPSA) is 113 Å². The van der Waals surface area contributed by atoms with Gasteiger partial charge in [0.2, 0.25) is 5.82 Å². The molecule has 3 heterocycles. The third-order valence-electron chi connectivity index (χ3n) is 7.13. The third kappa shape index (κ3) is 5.17. The maximum atomic E-state index is 15.0. The van der Waals surface area contributed by atoms with Gasteiger partial charge in [-0.15, -0.1) is 0 Å². The van der Waals surface area contributed by atoms with Gasteiger partial charge < -0.3 is 25.3 Å². The number of hydrogen-bond acceptors (Lipinski definition) is 6. The van der Waals surface area contributed by atoms with E-state index in [2.05, 4.69) is 10.3 Å². The number of primary amides is 1. The Morgan fingerprint density at radius 2 is 2.00 bits per heavy atom. The Labute approximate surface area is 214 Å². The van der Waals surface area contributed by atoms with Crippen LogP contribution < -0.4 is 15.8 Å². The number of alkyl halides is 3. The van der Waals surface area contributed by atoms with Gasteiger partial charge in [0.25, 0.3) is 11.8 Å². The molecule has 206 valence electrons. The summed E-state index contributed by atoms with van der Waals surface area (Å²) in [5.41, 5.74) is 2.09. The van der Waals surface area contributed by atoms with E-state index in [0.717, 1.165) is 25.1 Å². The van der Waals surface area contributed by atoms with Gasteiger partial charge in [0.15, 0.2) is 17.2 Å². The number of amides is 2. The molecule has 38 heavy (non-hydrogen) atoms. The Morgan fingerprint density at radius 1 is 1.26 bits per heavy atom. The molecule has 13 heteroatoms. The summed E-state index contributed by atoms with van der Waals surface area (Å²) in [6, 6.07) is 4.31. The standard InChI is InChI=1S/C25H26F5N3O5/c1-12-18(15-3-4-16(26)19(27)20(15)37-11-13-6-8-36-10-13)21(38-24(12,2)25(28,29)30)23(35)33-14-5-7-32-17(9-14)22(31)34/h3-5,7,9,12-13,18,21H,6,8,10-11H2,1-2H3,(H2,31,34)(H,32,33,35)/t12-,13+,18-,21+,24+/m0/s1. The number of carbonyl (C=O) groups excluding carboxylic acids is 2. The summed E-state index contributed by atoms with van der Waals surface area (Å²) in [7, 11) is 0. The van der Waals surface area contributed by atoms with Gasteiger partial charge >= 0.3 is 6.18 Å². The highest BCUT2D eigenvalue weighted by atomic mass is 19.4. The van der Waals surface area contributed by atoms with Gasteiger partial charge in [-0.05, 0) is 31.5 Å². The first-order valence-electron chi connectivity index (χ1n) is 11.8. The van der Waals surface area contributed by atoms with Crippen molar-refractivity contribution in [1.29, 1.82) is 0 Å². The van der Waals surface area contributed by atoms with Gasteiger partial charge in [-0.3, -0.25) is 14.6 Å². The smallest absolute Gasteiger partial charge is 0.417 e. The predicted molar refractivity (Wildman–Crippen MR) is 123 cm³/mol. The number of anilines is 1. The van der Waals surface area contributed by atoms with Crippen LogP contribution in [0.4, 0.5) is 27.6 Å². The van der Waals surface area contributed by atoms with E-state index in [-0.39, 0.29) is 29.5 Å². The highest BCUT2D eigenvalue weighted by Crippen LogP contribution is 2.55. The molecule has 0 aliphatic carbocycles. The van der Waals surface area contributed by atoms with Crippen molar-refractivity contribution >= 4 is 17.5 Å². The number of carbonyl (C=O) groups is 2. The summed E-state index contributed by atoms with van der Waals surface area (Å²) < 4.78 is 88.0. The number of benzene rings is 1. The lowest BCUT2D eigenvalue weighted by Crippen LogP contribution is -2.47. The molecule has 0 unspecified atom stereocenters. The average molecular weight is 543 g/mol. The number of ether oxygens (including phenoxy) is 3. The van der Waals surface area contributed by atoms with Crippen molar-refractivity contribution in [2.45, 2.75) is 44.1 Å². The second-order valence-electron chi connectivity index (χ2n) is 9.56. The normalized spacial score (nSPS) is 27.3. The summed E-state index contributed by atoms with van der Waals surface area (Å²) in [6.45, 7) is 2.77. The number of nitrogens with one attached hydrogen (secondary N) is 1. The fraction of sp³-hybridized carbons (Fsp3) is 0.480.